The lowest BCUT2D eigenvalue weighted by molar-refractivity contribution is -0.125. The van der Waals surface area contributed by atoms with Crippen molar-refractivity contribution in [2.24, 2.45) is 5.92 Å². The maximum absolute atomic E-state index is 12.2. The summed E-state index contributed by atoms with van der Waals surface area (Å²) in [5.74, 6) is 0.0741. The van der Waals surface area contributed by atoms with Gasteiger partial charge in [0.25, 0.3) is 0 Å². The van der Waals surface area contributed by atoms with Crippen molar-refractivity contribution in [3.8, 4) is 0 Å². The predicted octanol–water partition coefficient (Wildman–Crippen LogP) is 1.65. The Bertz CT molecular complexity index is 392. The van der Waals surface area contributed by atoms with Gasteiger partial charge in [-0.15, -0.1) is 0 Å². The number of nitrogens with one attached hydrogen (secondary N) is 2. The molecular weight excluding hydrogens is 250 g/mol. The minimum absolute atomic E-state index is 0.0247. The average Bonchev–Trinajstić information content (AvgIpc) is 2.44. The number of nitrogens with zero attached hydrogens (tertiary/aromatic N) is 1. The number of hydrogen-bond acceptors (Lipinski definition) is 3. The number of carbonyl (C=O) groups is 1. The van der Waals surface area contributed by atoms with E-state index < -0.39 is 0 Å². The Morgan fingerprint density at radius 2 is 1.90 bits per heavy atom. The van der Waals surface area contributed by atoms with Crippen molar-refractivity contribution in [1.82, 2.24) is 15.5 Å². The number of rotatable bonds is 8. The number of amides is 1. The summed E-state index contributed by atoms with van der Waals surface area (Å²) in [7, 11) is 4.04. The molecule has 2 N–H and O–H groups in total. The van der Waals surface area contributed by atoms with Gasteiger partial charge in [0.05, 0.1) is 6.04 Å². The van der Waals surface area contributed by atoms with Crippen molar-refractivity contribution in [1.29, 1.82) is 0 Å². The molecule has 0 heterocycles. The second-order valence-corrected chi connectivity index (χ2v) is 5.44. The molecular formula is C16H27N3O. The van der Waals surface area contributed by atoms with Crippen LogP contribution in [0.2, 0.25) is 0 Å². The maximum Gasteiger partial charge on any atom is 0.224 e. The molecule has 2 atom stereocenters. The van der Waals surface area contributed by atoms with Crippen molar-refractivity contribution in [3.63, 3.8) is 0 Å². The summed E-state index contributed by atoms with van der Waals surface area (Å²) < 4.78 is 0. The zero-order valence-corrected chi connectivity index (χ0v) is 13.0. The number of hydrogen-bond donors (Lipinski definition) is 2. The van der Waals surface area contributed by atoms with Crippen LogP contribution in [0.5, 0.6) is 0 Å². The molecule has 1 aromatic rings. The van der Waals surface area contributed by atoms with E-state index in [9.17, 15) is 4.79 Å². The van der Waals surface area contributed by atoms with Gasteiger partial charge in [-0.1, -0.05) is 44.2 Å². The van der Waals surface area contributed by atoms with Gasteiger partial charge < -0.3 is 15.5 Å². The first-order valence-electron chi connectivity index (χ1n) is 7.25. The van der Waals surface area contributed by atoms with Gasteiger partial charge in [-0.05, 0) is 26.2 Å². The second kappa shape index (κ2) is 8.72. The normalized spacial score (nSPS) is 14.1. The van der Waals surface area contributed by atoms with Crippen molar-refractivity contribution < 1.29 is 4.79 Å². The largest absolute Gasteiger partial charge is 0.348 e. The Balaban J connectivity index is 2.68. The SMILES string of the molecule is CCNCC(C)C(=O)NC(CN(C)C)c1ccccc1. The van der Waals surface area contributed by atoms with Gasteiger partial charge in [0, 0.05) is 19.0 Å². The molecule has 4 nitrogen and oxygen atoms in total. The van der Waals surface area contributed by atoms with Gasteiger partial charge in [0.1, 0.15) is 0 Å². The van der Waals surface area contributed by atoms with Crippen LogP contribution in [0.1, 0.15) is 25.5 Å². The third-order valence-electron chi connectivity index (χ3n) is 3.21. The Kier molecular flexibility index (Phi) is 7.26. The molecule has 0 aliphatic rings. The molecule has 2 unspecified atom stereocenters. The Morgan fingerprint density at radius 1 is 1.25 bits per heavy atom. The van der Waals surface area contributed by atoms with E-state index >= 15 is 0 Å². The molecule has 0 aromatic heterocycles. The van der Waals surface area contributed by atoms with E-state index in [1.54, 1.807) is 0 Å². The standard InChI is InChI=1S/C16H27N3O/c1-5-17-11-13(2)16(20)18-15(12-19(3)4)14-9-7-6-8-10-14/h6-10,13,15,17H,5,11-12H2,1-4H3,(H,18,20). The molecule has 0 spiro atoms. The highest BCUT2D eigenvalue weighted by Crippen LogP contribution is 2.14. The van der Waals surface area contributed by atoms with E-state index in [4.69, 9.17) is 0 Å². The van der Waals surface area contributed by atoms with Crippen molar-refractivity contribution in [2.75, 3.05) is 33.7 Å². The van der Waals surface area contributed by atoms with Crippen LogP contribution >= 0.6 is 0 Å². The summed E-state index contributed by atoms with van der Waals surface area (Å²) in [6.07, 6.45) is 0. The summed E-state index contributed by atoms with van der Waals surface area (Å²) >= 11 is 0. The summed E-state index contributed by atoms with van der Waals surface area (Å²) in [6.45, 7) is 6.39. The molecule has 1 amide bonds. The van der Waals surface area contributed by atoms with Gasteiger partial charge in [-0.2, -0.15) is 0 Å². The predicted molar refractivity (Wildman–Crippen MR) is 83.6 cm³/mol. The monoisotopic (exact) mass is 277 g/mol. The first-order chi connectivity index (χ1) is 9.54. The summed E-state index contributed by atoms with van der Waals surface area (Å²) in [6, 6.07) is 10.2. The highest BCUT2D eigenvalue weighted by atomic mass is 16.1. The molecule has 0 bridgehead atoms. The molecule has 112 valence electrons. The fourth-order valence-corrected chi connectivity index (χ4v) is 2.05. The number of likely N-dealkylation sites (N-methyl/N-ethyl adjacent to an activating group) is 1. The lowest BCUT2D eigenvalue weighted by atomic mass is 10.0. The lowest BCUT2D eigenvalue weighted by Gasteiger charge is -2.24. The molecule has 4 heteroatoms. The molecule has 1 aromatic carbocycles. The van der Waals surface area contributed by atoms with E-state index in [-0.39, 0.29) is 17.9 Å². The minimum atomic E-state index is -0.0247. The van der Waals surface area contributed by atoms with Crippen LogP contribution in [-0.4, -0.2) is 44.5 Å². The molecule has 1 rings (SSSR count). The fraction of sp³-hybridized carbons (Fsp3) is 0.562. The number of benzene rings is 1. The summed E-state index contributed by atoms with van der Waals surface area (Å²) in [5.41, 5.74) is 1.14. The van der Waals surface area contributed by atoms with Gasteiger partial charge in [-0.25, -0.2) is 0 Å². The third kappa shape index (κ3) is 5.72. The third-order valence-corrected chi connectivity index (χ3v) is 3.21. The highest BCUT2D eigenvalue weighted by Gasteiger charge is 2.19. The minimum Gasteiger partial charge on any atom is -0.348 e. The zero-order chi connectivity index (χ0) is 15.0. The maximum atomic E-state index is 12.2. The first-order valence-corrected chi connectivity index (χ1v) is 7.25. The van der Waals surface area contributed by atoms with Gasteiger partial charge in [0.15, 0.2) is 0 Å². The number of carbonyl (C=O) groups excluding carboxylic acids is 1. The van der Waals surface area contributed by atoms with E-state index in [1.165, 1.54) is 0 Å². The molecule has 0 saturated heterocycles. The van der Waals surface area contributed by atoms with Gasteiger partial charge in [0.2, 0.25) is 5.91 Å². The molecule has 0 aliphatic heterocycles. The smallest absolute Gasteiger partial charge is 0.224 e. The molecule has 20 heavy (non-hydrogen) atoms. The van der Waals surface area contributed by atoms with E-state index in [0.29, 0.717) is 6.54 Å². The summed E-state index contributed by atoms with van der Waals surface area (Å²) in [4.78, 5) is 14.3. The van der Waals surface area contributed by atoms with Crippen LogP contribution in [0.15, 0.2) is 30.3 Å². The van der Waals surface area contributed by atoms with Gasteiger partial charge >= 0.3 is 0 Å². The Labute approximate surface area is 122 Å². The molecule has 0 fully saturated rings. The van der Waals surface area contributed by atoms with Crippen LogP contribution in [0.3, 0.4) is 0 Å². The molecule has 0 saturated carbocycles. The first kappa shape index (κ1) is 16.7. The van der Waals surface area contributed by atoms with Crippen molar-refractivity contribution in [2.45, 2.75) is 19.9 Å². The second-order valence-electron chi connectivity index (χ2n) is 5.44. The van der Waals surface area contributed by atoms with E-state index in [2.05, 4.69) is 27.7 Å². The van der Waals surface area contributed by atoms with Gasteiger partial charge in [-0.3, -0.25) is 4.79 Å². The van der Waals surface area contributed by atoms with Crippen LogP contribution in [-0.2, 0) is 4.79 Å². The molecule has 0 radical (unpaired) electrons. The van der Waals surface area contributed by atoms with Crippen LogP contribution in [0.25, 0.3) is 0 Å². The quantitative estimate of drug-likeness (QED) is 0.759. The van der Waals surface area contributed by atoms with Crippen molar-refractivity contribution in [3.05, 3.63) is 35.9 Å². The average molecular weight is 277 g/mol. The highest BCUT2D eigenvalue weighted by molar-refractivity contribution is 5.79. The molecule has 0 aliphatic carbocycles. The van der Waals surface area contributed by atoms with E-state index in [1.807, 2.05) is 46.1 Å². The fourth-order valence-electron chi connectivity index (χ4n) is 2.05. The van der Waals surface area contributed by atoms with Crippen LogP contribution in [0.4, 0.5) is 0 Å². The summed E-state index contributed by atoms with van der Waals surface area (Å²) in [5, 5.41) is 6.36. The Morgan fingerprint density at radius 3 is 2.45 bits per heavy atom. The van der Waals surface area contributed by atoms with Crippen LogP contribution < -0.4 is 10.6 Å². The lowest BCUT2D eigenvalue weighted by Crippen LogP contribution is -2.40. The Hall–Kier alpha value is -1.39. The van der Waals surface area contributed by atoms with Crippen LogP contribution in [0, 0.1) is 5.92 Å². The topological polar surface area (TPSA) is 44.4 Å². The zero-order valence-electron chi connectivity index (χ0n) is 13.0. The van der Waals surface area contributed by atoms with Crippen molar-refractivity contribution >= 4 is 5.91 Å². The van der Waals surface area contributed by atoms with E-state index in [0.717, 1.165) is 18.7 Å².